The van der Waals surface area contributed by atoms with Crippen molar-refractivity contribution in [3.05, 3.63) is 53.6 Å². The predicted molar refractivity (Wildman–Crippen MR) is 120 cm³/mol. The molecule has 0 amide bonds. The van der Waals surface area contributed by atoms with E-state index < -0.39 is 30.8 Å². The summed E-state index contributed by atoms with van der Waals surface area (Å²) in [4.78, 5) is 4.20. The number of aliphatic hydroxyl groups is 1. The summed E-state index contributed by atoms with van der Waals surface area (Å²) in [6.07, 6.45) is -4.71. The van der Waals surface area contributed by atoms with Crippen molar-refractivity contribution < 1.29 is 46.1 Å². The maximum absolute atomic E-state index is 13.4. The van der Waals surface area contributed by atoms with Crippen molar-refractivity contribution in [2.75, 3.05) is 52.9 Å². The van der Waals surface area contributed by atoms with Gasteiger partial charge in [-0.15, -0.1) is 0 Å². The number of rotatable bonds is 15. The molecule has 0 fully saturated rings. The number of ether oxygens (including phenoxy) is 4. The Morgan fingerprint density at radius 2 is 1.50 bits per heavy atom. The summed E-state index contributed by atoms with van der Waals surface area (Å²) in [5, 5.41) is 12.5. The lowest BCUT2D eigenvalue weighted by molar-refractivity contribution is -0.138. The predicted octanol–water partition coefficient (Wildman–Crippen LogP) is 4.31. The van der Waals surface area contributed by atoms with Gasteiger partial charge in [0.1, 0.15) is 19.0 Å². The van der Waals surface area contributed by atoms with Gasteiger partial charge in [0.25, 0.3) is 5.89 Å². The molecule has 8 nitrogen and oxygen atoms in total. The first-order chi connectivity index (χ1) is 17.4. The van der Waals surface area contributed by atoms with Crippen LogP contribution >= 0.6 is 0 Å². The summed E-state index contributed by atoms with van der Waals surface area (Å²) in [7, 11) is 0. The Morgan fingerprint density at radius 1 is 0.833 bits per heavy atom. The number of halogens is 4. The van der Waals surface area contributed by atoms with Crippen LogP contribution in [0.1, 0.15) is 11.1 Å². The Balaban J connectivity index is 1.55. The van der Waals surface area contributed by atoms with E-state index in [0.717, 1.165) is 17.7 Å². The number of alkyl halides is 4. The average molecular weight is 514 g/mol. The van der Waals surface area contributed by atoms with Gasteiger partial charge in [0.15, 0.2) is 0 Å². The number of aliphatic hydroxyl groups excluding tert-OH is 1. The molecule has 0 spiro atoms. The molecule has 196 valence electrons. The SMILES string of the molecule is OCCOCCOCCOCc1ccc(-c2noc(-c3ccc(OCCF)c(C(F)(F)F)c3)n2)cc1. The third-order valence-electron chi connectivity index (χ3n) is 4.75. The maximum Gasteiger partial charge on any atom is 0.419 e. The molecule has 2 aromatic carbocycles. The summed E-state index contributed by atoms with van der Waals surface area (Å²) in [5.41, 5.74) is 0.505. The van der Waals surface area contributed by atoms with Crippen LogP contribution in [0.3, 0.4) is 0 Å². The van der Waals surface area contributed by atoms with Gasteiger partial charge in [0, 0.05) is 11.1 Å². The molecule has 0 aliphatic rings. The quantitative estimate of drug-likeness (QED) is 0.237. The molecule has 0 bridgehead atoms. The maximum atomic E-state index is 13.4. The first-order valence-electron chi connectivity index (χ1n) is 11.1. The van der Waals surface area contributed by atoms with Crippen molar-refractivity contribution in [2.24, 2.45) is 0 Å². The summed E-state index contributed by atoms with van der Waals surface area (Å²) < 4.78 is 78.6. The second-order valence-electron chi connectivity index (χ2n) is 7.37. The largest absolute Gasteiger partial charge is 0.490 e. The van der Waals surface area contributed by atoms with Crippen LogP contribution in [0, 0.1) is 0 Å². The van der Waals surface area contributed by atoms with E-state index in [2.05, 4.69) is 10.1 Å². The zero-order valence-corrected chi connectivity index (χ0v) is 19.3. The minimum atomic E-state index is -4.71. The number of aromatic nitrogens is 2. The van der Waals surface area contributed by atoms with E-state index in [1.807, 2.05) is 12.1 Å². The molecular formula is C24H26F4N2O6. The van der Waals surface area contributed by atoms with Gasteiger partial charge in [-0.05, 0) is 23.8 Å². The van der Waals surface area contributed by atoms with E-state index in [9.17, 15) is 17.6 Å². The minimum Gasteiger partial charge on any atom is -0.490 e. The minimum absolute atomic E-state index is 0.0221. The van der Waals surface area contributed by atoms with Gasteiger partial charge in [-0.1, -0.05) is 29.4 Å². The summed E-state index contributed by atoms with van der Waals surface area (Å²) in [6.45, 7) is 0.856. The highest BCUT2D eigenvalue weighted by molar-refractivity contribution is 5.62. The summed E-state index contributed by atoms with van der Waals surface area (Å²) >= 11 is 0. The molecule has 0 saturated heterocycles. The van der Waals surface area contributed by atoms with Crippen molar-refractivity contribution >= 4 is 0 Å². The molecule has 1 heterocycles. The van der Waals surface area contributed by atoms with Crippen molar-refractivity contribution in [3.8, 4) is 28.6 Å². The third kappa shape index (κ3) is 8.26. The van der Waals surface area contributed by atoms with Crippen LogP contribution in [0.5, 0.6) is 5.75 Å². The summed E-state index contributed by atoms with van der Waals surface area (Å²) in [6, 6.07) is 10.4. The molecule has 3 rings (SSSR count). The Hall–Kier alpha value is -3.06. The van der Waals surface area contributed by atoms with Gasteiger partial charge in [-0.3, -0.25) is 0 Å². The highest BCUT2D eigenvalue weighted by Gasteiger charge is 2.35. The van der Waals surface area contributed by atoms with Crippen LogP contribution in [-0.2, 0) is 27.0 Å². The molecule has 0 aliphatic heterocycles. The van der Waals surface area contributed by atoms with Gasteiger partial charge in [-0.2, -0.15) is 18.2 Å². The normalized spacial score (nSPS) is 11.7. The molecule has 36 heavy (non-hydrogen) atoms. The molecule has 3 aromatic rings. The van der Waals surface area contributed by atoms with E-state index >= 15 is 0 Å². The van der Waals surface area contributed by atoms with Crippen molar-refractivity contribution in [1.29, 1.82) is 0 Å². The zero-order chi connectivity index (χ0) is 25.8. The fourth-order valence-electron chi connectivity index (χ4n) is 3.06. The van der Waals surface area contributed by atoms with Crippen LogP contribution in [-0.4, -0.2) is 68.2 Å². The van der Waals surface area contributed by atoms with Crippen molar-refractivity contribution in [3.63, 3.8) is 0 Å². The fraction of sp³-hybridized carbons (Fsp3) is 0.417. The monoisotopic (exact) mass is 514 g/mol. The number of benzene rings is 2. The third-order valence-corrected chi connectivity index (χ3v) is 4.75. The van der Waals surface area contributed by atoms with Crippen molar-refractivity contribution in [2.45, 2.75) is 12.8 Å². The highest BCUT2D eigenvalue weighted by Crippen LogP contribution is 2.38. The van der Waals surface area contributed by atoms with Gasteiger partial charge in [-0.25, -0.2) is 4.39 Å². The van der Waals surface area contributed by atoms with Crippen LogP contribution in [0.2, 0.25) is 0 Å². The second kappa shape index (κ2) is 13.9. The Labute approximate surface area is 204 Å². The van der Waals surface area contributed by atoms with E-state index in [-0.39, 0.29) is 30.5 Å². The smallest absolute Gasteiger partial charge is 0.419 e. The molecule has 1 N–H and O–H groups in total. The zero-order valence-electron chi connectivity index (χ0n) is 19.3. The van der Waals surface area contributed by atoms with Gasteiger partial charge in [0.05, 0.1) is 51.8 Å². The molecule has 0 unspecified atom stereocenters. The summed E-state index contributed by atoms with van der Waals surface area (Å²) in [5.74, 6) is -0.359. The number of hydrogen-bond acceptors (Lipinski definition) is 8. The standard InChI is InChI=1S/C24H26F4N2O6/c25-7-9-35-21-6-5-19(15-20(21)24(26,27)28)23-29-22(30-36-23)18-3-1-17(2-4-18)16-34-14-13-33-12-11-32-10-8-31/h1-6,15,31H,7-14,16H2. The van der Waals surface area contributed by atoms with Gasteiger partial charge >= 0.3 is 6.18 Å². The van der Waals surface area contributed by atoms with E-state index in [1.165, 1.54) is 6.07 Å². The molecule has 12 heteroatoms. The fourth-order valence-corrected chi connectivity index (χ4v) is 3.06. The lowest BCUT2D eigenvalue weighted by atomic mass is 10.1. The Bertz CT molecular complexity index is 1060. The van der Waals surface area contributed by atoms with Gasteiger partial charge < -0.3 is 28.6 Å². The molecule has 0 radical (unpaired) electrons. The first kappa shape index (κ1) is 27.5. The second-order valence-corrected chi connectivity index (χ2v) is 7.37. The van der Waals surface area contributed by atoms with Crippen LogP contribution in [0.15, 0.2) is 47.0 Å². The van der Waals surface area contributed by atoms with Crippen LogP contribution in [0.4, 0.5) is 17.6 Å². The number of nitrogens with zero attached hydrogens (tertiary/aromatic N) is 2. The Kier molecular flexibility index (Phi) is 10.6. The van der Waals surface area contributed by atoms with Gasteiger partial charge in [0.2, 0.25) is 5.82 Å². The first-order valence-corrected chi connectivity index (χ1v) is 11.1. The molecule has 0 saturated carbocycles. The molecular weight excluding hydrogens is 488 g/mol. The highest BCUT2D eigenvalue weighted by atomic mass is 19.4. The van der Waals surface area contributed by atoms with E-state index in [4.69, 9.17) is 28.6 Å². The Morgan fingerprint density at radius 3 is 2.17 bits per heavy atom. The van der Waals surface area contributed by atoms with Crippen LogP contribution < -0.4 is 4.74 Å². The van der Waals surface area contributed by atoms with E-state index in [0.29, 0.717) is 38.6 Å². The van der Waals surface area contributed by atoms with Crippen molar-refractivity contribution in [1.82, 2.24) is 10.1 Å². The topological polar surface area (TPSA) is 96.1 Å². The number of hydrogen-bond donors (Lipinski definition) is 1. The molecule has 0 aliphatic carbocycles. The molecule has 0 atom stereocenters. The van der Waals surface area contributed by atoms with E-state index in [1.54, 1.807) is 12.1 Å². The van der Waals surface area contributed by atoms with Crippen LogP contribution in [0.25, 0.3) is 22.8 Å². The molecule has 1 aromatic heterocycles. The average Bonchev–Trinajstić information content (AvgIpc) is 3.36. The lowest BCUT2D eigenvalue weighted by Gasteiger charge is -2.13. The lowest BCUT2D eigenvalue weighted by Crippen LogP contribution is -2.10.